The van der Waals surface area contributed by atoms with Crippen LogP contribution in [0.4, 0.5) is 11.4 Å². The van der Waals surface area contributed by atoms with Gasteiger partial charge in [-0.05, 0) is 25.0 Å². The molecule has 0 radical (unpaired) electrons. The van der Waals surface area contributed by atoms with Crippen LogP contribution in [0, 0.1) is 10.1 Å². The minimum Gasteiger partial charge on any atom is -0.376 e. The van der Waals surface area contributed by atoms with Gasteiger partial charge in [-0.2, -0.15) is 0 Å². The molecule has 1 fully saturated rings. The summed E-state index contributed by atoms with van der Waals surface area (Å²) in [6, 6.07) is 6.33. The van der Waals surface area contributed by atoms with E-state index in [2.05, 4.69) is 10.6 Å². The number of carbonyl (C=O) groups excluding carboxylic acids is 1. The molecular weight excluding hydrogens is 222 g/mol. The summed E-state index contributed by atoms with van der Waals surface area (Å²) >= 11 is 0. The van der Waals surface area contributed by atoms with Crippen molar-refractivity contribution in [2.45, 2.75) is 18.9 Å². The zero-order valence-electron chi connectivity index (χ0n) is 9.18. The van der Waals surface area contributed by atoms with E-state index in [4.69, 9.17) is 0 Å². The van der Waals surface area contributed by atoms with E-state index in [0.717, 1.165) is 12.8 Å². The third kappa shape index (κ3) is 3.44. The highest BCUT2D eigenvalue weighted by molar-refractivity contribution is 5.81. The van der Waals surface area contributed by atoms with Gasteiger partial charge >= 0.3 is 0 Å². The Morgan fingerprint density at radius 1 is 1.35 bits per heavy atom. The lowest BCUT2D eigenvalue weighted by molar-refractivity contribution is -0.384. The van der Waals surface area contributed by atoms with E-state index in [-0.39, 0.29) is 18.1 Å². The molecule has 90 valence electrons. The van der Waals surface area contributed by atoms with Gasteiger partial charge in [-0.15, -0.1) is 0 Å². The summed E-state index contributed by atoms with van der Waals surface area (Å²) < 4.78 is 0. The lowest BCUT2D eigenvalue weighted by atomic mass is 10.3. The molecule has 6 nitrogen and oxygen atoms in total. The van der Waals surface area contributed by atoms with Crippen molar-refractivity contribution in [2.24, 2.45) is 0 Å². The normalized spacial score (nSPS) is 14.1. The second-order valence-corrected chi connectivity index (χ2v) is 4.00. The summed E-state index contributed by atoms with van der Waals surface area (Å²) in [5.74, 6) is -0.0501. The highest BCUT2D eigenvalue weighted by Gasteiger charge is 2.22. The Kier molecular flexibility index (Phi) is 3.22. The summed E-state index contributed by atoms with van der Waals surface area (Å²) in [4.78, 5) is 21.3. The molecule has 0 atom stereocenters. The molecule has 0 unspecified atom stereocenters. The van der Waals surface area contributed by atoms with Crippen molar-refractivity contribution in [1.29, 1.82) is 0 Å². The standard InChI is InChI=1S/C11H13N3O3/c15-11(13-9-1-2-9)7-12-8-3-5-10(6-4-8)14(16)17/h3-6,9,12H,1-2,7H2,(H,13,15). The molecule has 0 aliphatic heterocycles. The number of anilines is 1. The maximum atomic E-state index is 11.4. The smallest absolute Gasteiger partial charge is 0.269 e. The molecular formula is C11H13N3O3. The van der Waals surface area contributed by atoms with Crippen molar-refractivity contribution >= 4 is 17.3 Å². The Bertz CT molecular complexity index is 426. The third-order valence-electron chi connectivity index (χ3n) is 2.47. The summed E-state index contributed by atoms with van der Waals surface area (Å²) in [7, 11) is 0. The van der Waals surface area contributed by atoms with Gasteiger partial charge in [-0.1, -0.05) is 0 Å². The molecule has 17 heavy (non-hydrogen) atoms. The van der Waals surface area contributed by atoms with Crippen LogP contribution in [0.2, 0.25) is 0 Å². The van der Waals surface area contributed by atoms with Crippen molar-refractivity contribution in [3.63, 3.8) is 0 Å². The van der Waals surface area contributed by atoms with E-state index in [9.17, 15) is 14.9 Å². The van der Waals surface area contributed by atoms with E-state index >= 15 is 0 Å². The SMILES string of the molecule is O=C(CNc1ccc([N+](=O)[O-])cc1)NC1CC1. The fraction of sp³-hybridized carbons (Fsp3) is 0.364. The van der Waals surface area contributed by atoms with Gasteiger partial charge in [0, 0.05) is 23.9 Å². The number of nitrogens with one attached hydrogen (secondary N) is 2. The third-order valence-corrected chi connectivity index (χ3v) is 2.47. The molecule has 1 saturated carbocycles. The van der Waals surface area contributed by atoms with Gasteiger partial charge in [-0.3, -0.25) is 14.9 Å². The second kappa shape index (κ2) is 4.82. The largest absolute Gasteiger partial charge is 0.376 e. The molecule has 1 aromatic carbocycles. The summed E-state index contributed by atoms with van der Waals surface area (Å²) in [5.41, 5.74) is 0.736. The topological polar surface area (TPSA) is 84.3 Å². The van der Waals surface area contributed by atoms with Crippen molar-refractivity contribution in [2.75, 3.05) is 11.9 Å². The first kappa shape index (κ1) is 11.4. The van der Waals surface area contributed by atoms with Crippen LogP contribution in [0.1, 0.15) is 12.8 Å². The molecule has 2 rings (SSSR count). The predicted molar refractivity (Wildman–Crippen MR) is 62.8 cm³/mol. The molecule has 1 amide bonds. The molecule has 1 aliphatic rings. The quantitative estimate of drug-likeness (QED) is 0.594. The molecule has 1 aromatic rings. The number of nitrogens with zero attached hydrogens (tertiary/aromatic N) is 1. The van der Waals surface area contributed by atoms with E-state index in [1.54, 1.807) is 12.1 Å². The highest BCUT2D eigenvalue weighted by atomic mass is 16.6. The molecule has 2 N–H and O–H groups in total. The molecule has 0 bridgehead atoms. The van der Waals surface area contributed by atoms with Gasteiger partial charge in [0.1, 0.15) is 0 Å². The lowest BCUT2D eigenvalue weighted by Gasteiger charge is -2.06. The number of nitro groups is 1. The number of hydrogen-bond donors (Lipinski definition) is 2. The molecule has 0 heterocycles. The fourth-order valence-corrected chi connectivity index (χ4v) is 1.39. The summed E-state index contributed by atoms with van der Waals surface area (Å²) in [6.07, 6.45) is 2.12. The number of carbonyl (C=O) groups is 1. The zero-order valence-corrected chi connectivity index (χ0v) is 9.18. The maximum absolute atomic E-state index is 11.4. The van der Waals surface area contributed by atoms with Crippen LogP contribution >= 0.6 is 0 Å². The zero-order chi connectivity index (χ0) is 12.3. The van der Waals surface area contributed by atoms with Crippen LogP contribution in [0.5, 0.6) is 0 Å². The lowest BCUT2D eigenvalue weighted by Crippen LogP contribution is -2.31. The number of non-ortho nitro benzene ring substituents is 1. The minimum atomic E-state index is -0.455. The van der Waals surface area contributed by atoms with E-state index in [0.29, 0.717) is 11.7 Å². The van der Waals surface area contributed by atoms with Crippen LogP contribution < -0.4 is 10.6 Å². The summed E-state index contributed by atoms with van der Waals surface area (Å²) in [6.45, 7) is 0.189. The number of rotatable bonds is 5. The average Bonchev–Trinajstić information content (AvgIpc) is 3.11. The number of amides is 1. The Morgan fingerprint density at radius 3 is 2.53 bits per heavy atom. The van der Waals surface area contributed by atoms with Crippen molar-refractivity contribution in [3.8, 4) is 0 Å². The van der Waals surface area contributed by atoms with E-state index < -0.39 is 4.92 Å². The van der Waals surface area contributed by atoms with Gasteiger partial charge in [0.2, 0.25) is 5.91 Å². The van der Waals surface area contributed by atoms with Gasteiger partial charge in [-0.25, -0.2) is 0 Å². The highest BCUT2D eigenvalue weighted by Crippen LogP contribution is 2.18. The van der Waals surface area contributed by atoms with Crippen LogP contribution in [0.15, 0.2) is 24.3 Å². The molecule has 6 heteroatoms. The molecule has 0 saturated heterocycles. The fourth-order valence-electron chi connectivity index (χ4n) is 1.39. The van der Waals surface area contributed by atoms with Crippen molar-refractivity contribution in [1.82, 2.24) is 5.32 Å². The van der Waals surface area contributed by atoms with Gasteiger partial charge in [0.25, 0.3) is 5.69 Å². The van der Waals surface area contributed by atoms with Crippen molar-refractivity contribution < 1.29 is 9.72 Å². The van der Waals surface area contributed by atoms with Crippen molar-refractivity contribution in [3.05, 3.63) is 34.4 Å². The Morgan fingerprint density at radius 2 is 2.00 bits per heavy atom. The maximum Gasteiger partial charge on any atom is 0.269 e. The van der Waals surface area contributed by atoms with Gasteiger partial charge in [0.05, 0.1) is 11.5 Å². The van der Waals surface area contributed by atoms with E-state index in [1.807, 2.05) is 0 Å². The first-order valence-corrected chi connectivity index (χ1v) is 5.43. The Hall–Kier alpha value is -2.11. The number of hydrogen-bond acceptors (Lipinski definition) is 4. The van der Waals surface area contributed by atoms with E-state index in [1.165, 1.54) is 12.1 Å². The predicted octanol–water partition coefficient (Wildman–Crippen LogP) is 1.29. The van der Waals surface area contributed by atoms with Gasteiger partial charge < -0.3 is 10.6 Å². The van der Waals surface area contributed by atoms with Crippen LogP contribution in [0.25, 0.3) is 0 Å². The average molecular weight is 235 g/mol. The number of benzene rings is 1. The Balaban J connectivity index is 1.81. The Labute approximate surface area is 98.2 Å². The first-order valence-electron chi connectivity index (χ1n) is 5.43. The first-order chi connectivity index (χ1) is 8.15. The molecule has 0 aromatic heterocycles. The van der Waals surface area contributed by atoms with Crippen LogP contribution in [0.3, 0.4) is 0 Å². The second-order valence-electron chi connectivity index (χ2n) is 4.00. The molecule has 0 spiro atoms. The summed E-state index contributed by atoms with van der Waals surface area (Å²) in [5, 5.41) is 16.2. The van der Waals surface area contributed by atoms with Crippen LogP contribution in [-0.2, 0) is 4.79 Å². The van der Waals surface area contributed by atoms with Gasteiger partial charge in [0.15, 0.2) is 0 Å². The number of nitro benzene ring substituents is 1. The molecule has 1 aliphatic carbocycles. The minimum absolute atomic E-state index is 0.0398. The van der Waals surface area contributed by atoms with Crippen LogP contribution in [-0.4, -0.2) is 23.4 Å². The monoisotopic (exact) mass is 235 g/mol.